The highest BCUT2D eigenvalue weighted by Crippen LogP contribution is 2.40. The molecule has 0 saturated heterocycles. The Morgan fingerprint density at radius 1 is 1.02 bits per heavy atom. The van der Waals surface area contributed by atoms with Crippen molar-refractivity contribution in [1.82, 2.24) is 15.8 Å². The topological polar surface area (TPSA) is 189 Å². The van der Waals surface area contributed by atoms with Gasteiger partial charge in [-0.2, -0.15) is 13.2 Å². The highest BCUT2D eigenvalue weighted by Gasteiger charge is 2.38. The molecule has 0 radical (unpaired) electrons. The van der Waals surface area contributed by atoms with Crippen molar-refractivity contribution >= 4 is 40.9 Å². The van der Waals surface area contributed by atoms with Gasteiger partial charge in [-0.05, 0) is 42.5 Å². The third-order valence-corrected chi connectivity index (χ3v) is 5.45. The number of nitrogens with one attached hydrogen (secondary N) is 4. The predicted octanol–water partition coefficient (Wildman–Crippen LogP) is 3.28. The molecule has 0 saturated carbocycles. The Bertz CT molecular complexity index is 1390. The number of pyridine rings is 1. The van der Waals surface area contributed by atoms with Crippen LogP contribution in [-0.4, -0.2) is 54.1 Å². The Kier molecular flexibility index (Phi) is 11.3. The number of carbonyl (C=O) groups is 3. The first kappa shape index (κ1) is 32.2. The van der Waals surface area contributed by atoms with Crippen LogP contribution in [0.3, 0.4) is 0 Å². The molecular formula is C25H24ClF3N6O6. The lowest BCUT2D eigenvalue weighted by atomic mass is 10.0. The molecule has 16 heteroatoms. The van der Waals surface area contributed by atoms with Gasteiger partial charge in [0.05, 0.1) is 24.8 Å². The molecule has 3 aromatic rings. The van der Waals surface area contributed by atoms with Crippen LogP contribution in [0.1, 0.15) is 27.5 Å². The van der Waals surface area contributed by atoms with Crippen LogP contribution >= 0.6 is 11.6 Å². The molecule has 1 aromatic heterocycles. The summed E-state index contributed by atoms with van der Waals surface area (Å²) in [5.74, 6) is -3.32. The number of ether oxygens (including phenoxy) is 2. The number of anilines is 1. The number of nitrogens with zero attached hydrogens (tertiary/aromatic N) is 1. The monoisotopic (exact) mass is 596 g/mol. The number of alkyl halides is 3. The third-order valence-electron chi connectivity index (χ3n) is 5.06. The molecule has 0 aliphatic carbocycles. The Labute approximate surface area is 236 Å². The zero-order valence-corrected chi connectivity index (χ0v) is 22.1. The van der Waals surface area contributed by atoms with Crippen LogP contribution in [0.25, 0.3) is 0 Å². The van der Waals surface area contributed by atoms with Crippen molar-refractivity contribution in [2.45, 2.75) is 12.2 Å². The highest BCUT2D eigenvalue weighted by molar-refractivity contribution is 6.33. The standard InChI is InChI=1S/C23H23ClN6O4.C2HF3O2/c1-33-17-10-9-16(18(24)20(17)34-2)19(28-15-7-5-13(6-8-15)21(25)26)23(32)30-29-22(31)14-4-3-11-27-12-14;3-2(4,5)1(6)7/h3-12,19,28H,1-2H3,(H3,25,26)(H,29,31)(H,30,32);(H,6,7). The number of hydrogen-bond acceptors (Lipinski definition) is 8. The van der Waals surface area contributed by atoms with E-state index in [0.29, 0.717) is 22.6 Å². The Morgan fingerprint density at radius 3 is 2.15 bits per heavy atom. The normalized spacial score (nSPS) is 11.2. The van der Waals surface area contributed by atoms with Crippen LogP contribution in [0.5, 0.6) is 11.5 Å². The van der Waals surface area contributed by atoms with Gasteiger partial charge in [-0.3, -0.25) is 30.8 Å². The molecule has 0 spiro atoms. The fraction of sp³-hybridized carbons (Fsp3) is 0.160. The molecule has 0 aliphatic rings. The Morgan fingerprint density at radius 2 is 1.66 bits per heavy atom. The van der Waals surface area contributed by atoms with E-state index in [9.17, 15) is 22.8 Å². The van der Waals surface area contributed by atoms with E-state index in [4.69, 9.17) is 42.1 Å². The molecule has 218 valence electrons. The number of halogens is 4. The summed E-state index contributed by atoms with van der Waals surface area (Å²) in [7, 11) is 2.91. The van der Waals surface area contributed by atoms with E-state index < -0.39 is 30.0 Å². The molecule has 0 aliphatic heterocycles. The smallest absolute Gasteiger partial charge is 0.490 e. The quantitative estimate of drug-likeness (QED) is 0.129. The van der Waals surface area contributed by atoms with Crippen LogP contribution in [0, 0.1) is 5.41 Å². The number of amides is 2. The fourth-order valence-corrected chi connectivity index (χ4v) is 3.43. The van der Waals surface area contributed by atoms with Crippen LogP contribution in [0.4, 0.5) is 18.9 Å². The molecule has 2 amide bonds. The lowest BCUT2D eigenvalue weighted by Crippen LogP contribution is -2.45. The number of nitrogen functional groups attached to an aromatic ring is 1. The number of carbonyl (C=O) groups excluding carboxylic acids is 2. The number of benzene rings is 2. The Balaban J connectivity index is 0.000000745. The summed E-state index contributed by atoms with van der Waals surface area (Å²) >= 11 is 6.56. The first-order valence-corrected chi connectivity index (χ1v) is 11.6. The zero-order chi connectivity index (χ0) is 30.7. The number of amidine groups is 1. The van der Waals surface area contributed by atoms with Crippen molar-refractivity contribution in [3.05, 3.63) is 82.6 Å². The van der Waals surface area contributed by atoms with Crippen LogP contribution in [-0.2, 0) is 9.59 Å². The molecule has 1 heterocycles. The number of carboxylic acids is 1. The molecule has 7 N–H and O–H groups in total. The van der Waals surface area contributed by atoms with Crippen molar-refractivity contribution in [3.63, 3.8) is 0 Å². The van der Waals surface area contributed by atoms with Crippen molar-refractivity contribution < 1.29 is 42.1 Å². The Hall–Kier alpha value is -5.05. The SMILES string of the molecule is COc1ccc(C(Nc2ccc(C(=N)N)cc2)C(=O)NNC(=O)c2cccnc2)c(Cl)c1OC.O=C(O)C(F)(F)F. The minimum Gasteiger partial charge on any atom is -0.493 e. The molecular weight excluding hydrogens is 573 g/mol. The van der Waals surface area contributed by atoms with E-state index in [2.05, 4.69) is 21.2 Å². The van der Waals surface area contributed by atoms with E-state index >= 15 is 0 Å². The average Bonchev–Trinajstić information content (AvgIpc) is 2.95. The second-order valence-corrected chi connectivity index (χ2v) is 8.14. The average molecular weight is 597 g/mol. The molecule has 0 fully saturated rings. The van der Waals surface area contributed by atoms with Gasteiger partial charge in [0.1, 0.15) is 11.9 Å². The van der Waals surface area contributed by atoms with Crippen molar-refractivity contribution in [2.24, 2.45) is 5.73 Å². The van der Waals surface area contributed by atoms with Gasteiger partial charge in [-0.1, -0.05) is 17.7 Å². The molecule has 0 bridgehead atoms. The lowest BCUT2D eigenvalue weighted by Gasteiger charge is -2.23. The number of carboxylic acid groups (broad SMARTS) is 1. The van der Waals surface area contributed by atoms with Crippen LogP contribution in [0.2, 0.25) is 5.02 Å². The van der Waals surface area contributed by atoms with Crippen LogP contribution < -0.4 is 31.4 Å². The van der Waals surface area contributed by atoms with Gasteiger partial charge in [0, 0.05) is 29.2 Å². The van der Waals surface area contributed by atoms with Gasteiger partial charge >= 0.3 is 12.1 Å². The van der Waals surface area contributed by atoms with E-state index in [0.717, 1.165) is 0 Å². The molecule has 2 aromatic carbocycles. The van der Waals surface area contributed by atoms with Gasteiger partial charge in [0.15, 0.2) is 11.5 Å². The number of nitrogens with two attached hydrogens (primary N) is 1. The fourth-order valence-electron chi connectivity index (χ4n) is 3.08. The largest absolute Gasteiger partial charge is 0.493 e. The molecule has 1 atom stereocenters. The van der Waals surface area contributed by atoms with E-state index in [1.807, 2.05) is 0 Å². The zero-order valence-electron chi connectivity index (χ0n) is 21.4. The van der Waals surface area contributed by atoms with Gasteiger partial charge in [0.25, 0.3) is 11.8 Å². The number of hydrazine groups is 1. The summed E-state index contributed by atoms with van der Waals surface area (Å²) in [6.45, 7) is 0. The minimum atomic E-state index is -5.08. The first-order valence-electron chi connectivity index (χ1n) is 11.2. The summed E-state index contributed by atoms with van der Waals surface area (Å²) in [5.41, 5.74) is 12.0. The maximum atomic E-state index is 13.2. The molecule has 3 rings (SSSR count). The molecule has 12 nitrogen and oxygen atoms in total. The maximum Gasteiger partial charge on any atom is 0.490 e. The van der Waals surface area contributed by atoms with Gasteiger partial charge in [-0.25, -0.2) is 4.79 Å². The highest BCUT2D eigenvalue weighted by atomic mass is 35.5. The van der Waals surface area contributed by atoms with Crippen molar-refractivity contribution in [1.29, 1.82) is 5.41 Å². The van der Waals surface area contributed by atoms with Crippen molar-refractivity contribution in [3.8, 4) is 11.5 Å². The minimum absolute atomic E-state index is 0.0816. The number of methoxy groups -OCH3 is 2. The molecule has 1 unspecified atom stereocenters. The van der Waals surface area contributed by atoms with Gasteiger partial charge < -0.3 is 25.6 Å². The maximum absolute atomic E-state index is 13.2. The van der Waals surface area contributed by atoms with E-state index in [-0.39, 0.29) is 22.2 Å². The lowest BCUT2D eigenvalue weighted by molar-refractivity contribution is -0.192. The summed E-state index contributed by atoms with van der Waals surface area (Å²) in [5, 5.41) is 17.9. The second kappa shape index (κ2) is 14.4. The number of hydrogen-bond donors (Lipinski definition) is 6. The second-order valence-electron chi connectivity index (χ2n) is 7.76. The van der Waals surface area contributed by atoms with Crippen molar-refractivity contribution in [2.75, 3.05) is 19.5 Å². The number of aliphatic carboxylic acids is 1. The number of rotatable bonds is 8. The summed E-state index contributed by atoms with van der Waals surface area (Å²) < 4.78 is 42.4. The van der Waals surface area contributed by atoms with E-state index in [1.54, 1.807) is 48.5 Å². The predicted molar refractivity (Wildman–Crippen MR) is 142 cm³/mol. The summed E-state index contributed by atoms with van der Waals surface area (Å²) in [6, 6.07) is 12.0. The number of aromatic nitrogens is 1. The first-order chi connectivity index (χ1) is 19.3. The molecule has 41 heavy (non-hydrogen) atoms. The summed E-state index contributed by atoms with van der Waals surface area (Å²) in [4.78, 5) is 38.3. The third kappa shape index (κ3) is 8.99. The summed E-state index contributed by atoms with van der Waals surface area (Å²) in [6.07, 6.45) is -2.18. The van der Waals surface area contributed by atoms with Gasteiger partial charge in [0.2, 0.25) is 0 Å². The van der Waals surface area contributed by atoms with E-state index in [1.165, 1.54) is 26.6 Å². The van der Waals surface area contributed by atoms with Gasteiger partial charge in [-0.15, -0.1) is 0 Å². The van der Waals surface area contributed by atoms with Crippen LogP contribution in [0.15, 0.2) is 60.9 Å².